The minimum atomic E-state index is -4.55. The topological polar surface area (TPSA) is 77.1 Å². The van der Waals surface area contributed by atoms with Crippen LogP contribution < -0.4 is 5.56 Å². The predicted octanol–water partition coefficient (Wildman–Crippen LogP) is 5.62. The zero-order chi connectivity index (χ0) is 26.5. The fourth-order valence-corrected chi connectivity index (χ4v) is 4.64. The van der Waals surface area contributed by atoms with Crippen LogP contribution in [0.15, 0.2) is 71.5 Å². The van der Waals surface area contributed by atoms with Crippen LogP contribution in [0, 0.1) is 12.7 Å². The Kier molecular flexibility index (Phi) is 5.82. The van der Waals surface area contributed by atoms with E-state index < -0.39 is 29.1 Å². The number of benzene rings is 3. The molecule has 188 valence electrons. The van der Waals surface area contributed by atoms with Crippen molar-refractivity contribution in [3.8, 4) is 11.3 Å². The summed E-state index contributed by atoms with van der Waals surface area (Å²) in [5, 5.41) is 15.1. The summed E-state index contributed by atoms with van der Waals surface area (Å²) in [7, 11) is 0. The SMILES string of the molecule is Cc1c(-c2nn(Cc3cccc(C(F)(F)F)c3)c(=O)c3ccccc23)c2cc(F)ccc2n1CC(=O)O. The van der Waals surface area contributed by atoms with E-state index in [9.17, 15) is 32.3 Å². The lowest BCUT2D eigenvalue weighted by Crippen LogP contribution is -2.24. The lowest BCUT2D eigenvalue weighted by molar-refractivity contribution is -0.138. The van der Waals surface area contributed by atoms with E-state index in [-0.39, 0.29) is 24.0 Å². The number of aromatic nitrogens is 3. The molecule has 0 spiro atoms. The Morgan fingerprint density at radius 2 is 1.70 bits per heavy atom. The van der Waals surface area contributed by atoms with Gasteiger partial charge in [-0.3, -0.25) is 9.59 Å². The van der Waals surface area contributed by atoms with Gasteiger partial charge in [-0.25, -0.2) is 9.07 Å². The van der Waals surface area contributed by atoms with Gasteiger partial charge in [0.1, 0.15) is 18.1 Å². The Balaban J connectivity index is 1.78. The molecule has 0 amide bonds. The summed E-state index contributed by atoms with van der Waals surface area (Å²) in [5.41, 5.74) is 0.561. The Bertz CT molecular complexity index is 1750. The zero-order valence-electron chi connectivity index (χ0n) is 19.4. The van der Waals surface area contributed by atoms with Gasteiger partial charge < -0.3 is 9.67 Å². The largest absolute Gasteiger partial charge is 0.480 e. The van der Waals surface area contributed by atoms with Crippen LogP contribution in [0.25, 0.3) is 32.9 Å². The van der Waals surface area contributed by atoms with Crippen LogP contribution in [0.3, 0.4) is 0 Å². The quantitative estimate of drug-likeness (QED) is 0.312. The smallest absolute Gasteiger partial charge is 0.416 e. The third-order valence-electron chi connectivity index (χ3n) is 6.27. The van der Waals surface area contributed by atoms with Crippen molar-refractivity contribution < 1.29 is 27.5 Å². The second-order valence-electron chi connectivity index (χ2n) is 8.66. The molecule has 0 radical (unpaired) electrons. The maximum Gasteiger partial charge on any atom is 0.416 e. The summed E-state index contributed by atoms with van der Waals surface area (Å²) in [6.07, 6.45) is -4.55. The molecule has 0 bridgehead atoms. The Morgan fingerprint density at radius 1 is 0.973 bits per heavy atom. The van der Waals surface area contributed by atoms with Crippen LogP contribution in [0.1, 0.15) is 16.8 Å². The molecule has 1 N–H and O–H groups in total. The standard InChI is InChI=1S/C27H19F4N3O3/c1-15-24(21-12-18(28)9-10-22(21)33(15)14-23(35)36)25-19-7-2-3-8-20(19)26(37)34(32-25)13-16-5-4-6-17(11-16)27(29,30)31/h2-12H,13-14H2,1H3,(H,35,36). The van der Waals surface area contributed by atoms with Gasteiger partial charge in [-0.1, -0.05) is 30.3 Å². The maximum absolute atomic E-state index is 14.3. The first-order chi connectivity index (χ1) is 17.5. The van der Waals surface area contributed by atoms with E-state index in [0.29, 0.717) is 33.2 Å². The van der Waals surface area contributed by atoms with Gasteiger partial charge in [0.25, 0.3) is 5.56 Å². The summed E-state index contributed by atoms with van der Waals surface area (Å²) >= 11 is 0. The van der Waals surface area contributed by atoms with Crippen molar-refractivity contribution in [2.45, 2.75) is 26.2 Å². The Labute approximate surface area is 207 Å². The van der Waals surface area contributed by atoms with Gasteiger partial charge in [-0.15, -0.1) is 0 Å². The van der Waals surface area contributed by atoms with Gasteiger partial charge >= 0.3 is 12.1 Å². The van der Waals surface area contributed by atoms with E-state index >= 15 is 0 Å². The molecule has 0 unspecified atom stereocenters. The molecular weight excluding hydrogens is 490 g/mol. The van der Waals surface area contributed by atoms with Crippen molar-refractivity contribution in [2.24, 2.45) is 0 Å². The molecular formula is C27H19F4N3O3. The highest BCUT2D eigenvalue weighted by molar-refractivity contribution is 6.05. The maximum atomic E-state index is 14.3. The van der Waals surface area contributed by atoms with Gasteiger partial charge in [0, 0.05) is 27.5 Å². The summed E-state index contributed by atoms with van der Waals surface area (Å²) in [5.74, 6) is -1.63. The van der Waals surface area contributed by atoms with Crippen LogP contribution in [-0.2, 0) is 24.1 Å². The summed E-state index contributed by atoms with van der Waals surface area (Å²) in [6.45, 7) is 1.06. The first-order valence-corrected chi connectivity index (χ1v) is 11.2. The molecule has 2 heterocycles. The van der Waals surface area contributed by atoms with E-state index in [2.05, 4.69) is 5.10 Å². The van der Waals surface area contributed by atoms with Crippen molar-refractivity contribution >= 4 is 27.6 Å². The number of hydrogen-bond donors (Lipinski definition) is 1. The first kappa shape index (κ1) is 24.2. The molecule has 0 atom stereocenters. The van der Waals surface area contributed by atoms with Crippen molar-refractivity contribution in [1.82, 2.24) is 14.3 Å². The lowest BCUT2D eigenvalue weighted by Gasteiger charge is -2.13. The van der Waals surface area contributed by atoms with E-state index in [1.165, 1.54) is 34.9 Å². The Hall–Kier alpha value is -4.47. The van der Waals surface area contributed by atoms with E-state index in [1.807, 2.05) is 0 Å². The fraction of sp³-hybridized carbons (Fsp3) is 0.148. The number of carboxylic acid groups (broad SMARTS) is 1. The average Bonchev–Trinajstić information content (AvgIpc) is 3.10. The van der Waals surface area contributed by atoms with Gasteiger partial charge in [0.05, 0.1) is 17.5 Å². The average molecular weight is 509 g/mol. The molecule has 6 nitrogen and oxygen atoms in total. The molecule has 0 aliphatic carbocycles. The number of aliphatic carboxylic acids is 1. The van der Waals surface area contributed by atoms with Gasteiger partial charge in [-0.05, 0) is 48.9 Å². The van der Waals surface area contributed by atoms with Crippen LogP contribution in [0.4, 0.5) is 17.6 Å². The predicted molar refractivity (Wildman–Crippen MR) is 130 cm³/mol. The number of nitrogens with zero attached hydrogens (tertiary/aromatic N) is 3. The number of hydrogen-bond acceptors (Lipinski definition) is 3. The van der Waals surface area contributed by atoms with Crippen LogP contribution in [0.2, 0.25) is 0 Å². The number of rotatable bonds is 5. The second kappa shape index (κ2) is 8.88. The molecule has 10 heteroatoms. The Morgan fingerprint density at radius 3 is 2.41 bits per heavy atom. The summed E-state index contributed by atoms with van der Waals surface area (Å²) in [4.78, 5) is 24.8. The minimum Gasteiger partial charge on any atom is -0.480 e. The molecule has 0 saturated carbocycles. The normalized spacial score (nSPS) is 11.9. The van der Waals surface area contributed by atoms with Crippen LogP contribution in [-0.4, -0.2) is 25.4 Å². The van der Waals surface area contributed by atoms with Crippen molar-refractivity contribution in [2.75, 3.05) is 0 Å². The molecule has 0 saturated heterocycles. The molecule has 0 aliphatic heterocycles. The highest BCUT2D eigenvalue weighted by atomic mass is 19.4. The third-order valence-corrected chi connectivity index (χ3v) is 6.27. The minimum absolute atomic E-state index is 0.224. The monoisotopic (exact) mass is 509 g/mol. The summed E-state index contributed by atoms with van der Waals surface area (Å²) in [6, 6.07) is 15.2. The molecule has 5 aromatic rings. The van der Waals surface area contributed by atoms with Gasteiger partial charge in [0.15, 0.2) is 0 Å². The van der Waals surface area contributed by atoms with E-state index in [1.54, 1.807) is 31.2 Å². The molecule has 3 aromatic carbocycles. The number of carboxylic acids is 1. The second-order valence-corrected chi connectivity index (χ2v) is 8.66. The van der Waals surface area contributed by atoms with E-state index in [0.717, 1.165) is 16.8 Å². The van der Waals surface area contributed by atoms with Crippen molar-refractivity contribution in [3.63, 3.8) is 0 Å². The lowest BCUT2D eigenvalue weighted by atomic mass is 10.0. The third kappa shape index (κ3) is 4.35. The first-order valence-electron chi connectivity index (χ1n) is 11.2. The van der Waals surface area contributed by atoms with Gasteiger partial charge in [0.2, 0.25) is 0 Å². The molecule has 0 fully saturated rings. The van der Waals surface area contributed by atoms with Crippen molar-refractivity contribution in [1.29, 1.82) is 0 Å². The zero-order valence-corrected chi connectivity index (χ0v) is 19.4. The summed E-state index contributed by atoms with van der Waals surface area (Å²) < 4.78 is 56.6. The molecule has 2 aromatic heterocycles. The fourth-order valence-electron chi connectivity index (χ4n) is 4.64. The molecule has 0 aliphatic rings. The highest BCUT2D eigenvalue weighted by Gasteiger charge is 2.30. The number of alkyl halides is 3. The molecule has 5 rings (SSSR count). The number of fused-ring (bicyclic) bond motifs is 2. The number of halogens is 4. The van der Waals surface area contributed by atoms with Gasteiger partial charge in [-0.2, -0.15) is 18.3 Å². The highest BCUT2D eigenvalue weighted by Crippen LogP contribution is 2.37. The van der Waals surface area contributed by atoms with Crippen LogP contribution >= 0.6 is 0 Å². The van der Waals surface area contributed by atoms with E-state index in [4.69, 9.17) is 0 Å². The van der Waals surface area contributed by atoms with Crippen LogP contribution in [0.5, 0.6) is 0 Å². The number of carbonyl (C=O) groups is 1. The van der Waals surface area contributed by atoms with Crippen molar-refractivity contribution in [3.05, 3.63) is 99.7 Å². The molecule has 37 heavy (non-hydrogen) atoms.